The fourth-order valence-electron chi connectivity index (χ4n) is 4.66. The summed E-state index contributed by atoms with van der Waals surface area (Å²) < 4.78 is 60.5. The summed E-state index contributed by atoms with van der Waals surface area (Å²) in [5.74, 6) is 4.01. The molecule has 0 aromatic heterocycles. The third kappa shape index (κ3) is 17.0. The van der Waals surface area contributed by atoms with E-state index in [1.54, 1.807) is 99.5 Å². The number of unbranched alkanes of at least 4 members (excludes halogenated alkanes) is 1. The van der Waals surface area contributed by atoms with Crippen LogP contribution >= 0.6 is 23.5 Å². The molecule has 0 bridgehead atoms. The molecule has 304 valence electrons. The highest BCUT2D eigenvalue weighted by Crippen LogP contribution is 2.29. The summed E-state index contributed by atoms with van der Waals surface area (Å²) >= 11 is 1.94. The van der Waals surface area contributed by atoms with Gasteiger partial charge in [-0.3, -0.25) is 0 Å². The fourth-order valence-corrected chi connectivity index (χ4v) is 7.40. The second-order valence-corrected chi connectivity index (χ2v) is 17.2. The van der Waals surface area contributed by atoms with Gasteiger partial charge in [-0.25, -0.2) is 12.6 Å². The van der Waals surface area contributed by atoms with Gasteiger partial charge >= 0.3 is 0 Å². The lowest BCUT2D eigenvalue weighted by Crippen LogP contribution is -2.00. The molecular weight excluding hydrogens is 785 g/mol. The number of aryl methyl sites for hydroxylation is 4. The van der Waals surface area contributed by atoms with Crippen LogP contribution in [0.3, 0.4) is 0 Å². The molecule has 5 aromatic rings. The van der Waals surface area contributed by atoms with Gasteiger partial charge in [0.05, 0.1) is 37.7 Å². The minimum atomic E-state index is -3.11. The Hall–Kier alpha value is -4.10. The van der Waals surface area contributed by atoms with Crippen LogP contribution < -0.4 is 23.1 Å². The van der Waals surface area contributed by atoms with Gasteiger partial charge in [-0.05, 0) is 142 Å². The van der Waals surface area contributed by atoms with Crippen LogP contribution in [-0.2, 0) is 20.9 Å². The van der Waals surface area contributed by atoms with Crippen molar-refractivity contribution in [2.45, 2.75) is 67.0 Å². The molecule has 8 nitrogen and oxygen atoms in total. The van der Waals surface area contributed by atoms with E-state index in [0.717, 1.165) is 41.4 Å². The average Bonchev–Trinajstić information content (AvgIpc) is 3.19. The highest BCUT2D eigenvalue weighted by Gasteiger charge is 2.09. The van der Waals surface area contributed by atoms with E-state index in [1.165, 1.54) is 33.6 Å². The SMILES string of the molecule is CCCCOc1ccc(C)cc1SC.COc1ccc(C)cc1SC.COc1ccc(S(=O)Oc2ccc(C)cc2)cc1.COc1ccc(S(C)(=O)=O)cc1C. The standard InChI is InChI=1S/C14H14O3S.C12H18OS.C9H12O3S.C9H12OS/c1-11-3-5-13(6-4-11)17-18(15)14-9-7-12(16-2)8-10-14;1-4-5-8-13-11-7-6-10(2)9-12(11)14-3;1-7-6-8(13(3,10)11)4-5-9(7)12-2;1-7-4-5-8(10-2)9(6-7)11-3/h3-10H,1-2H3;6-7,9H,4-5,8H2,1-3H3;4-6H,1-3H3;4-6H,1-3H3. The molecule has 1 atom stereocenters. The van der Waals surface area contributed by atoms with Crippen molar-refractivity contribution < 1.29 is 35.8 Å². The van der Waals surface area contributed by atoms with E-state index in [-0.39, 0.29) is 0 Å². The Labute approximate surface area is 346 Å². The van der Waals surface area contributed by atoms with Crippen molar-refractivity contribution in [3.8, 4) is 28.7 Å². The number of hydrogen-bond donors (Lipinski definition) is 0. The van der Waals surface area contributed by atoms with E-state index in [1.807, 2.05) is 32.0 Å². The Bertz CT molecular complexity index is 2050. The number of rotatable bonds is 13. The van der Waals surface area contributed by atoms with Gasteiger partial charge in [0.25, 0.3) is 0 Å². The Morgan fingerprint density at radius 3 is 1.59 bits per heavy atom. The van der Waals surface area contributed by atoms with Crippen molar-refractivity contribution in [1.82, 2.24) is 0 Å². The summed E-state index contributed by atoms with van der Waals surface area (Å²) in [5.41, 5.74) is 4.52. The van der Waals surface area contributed by atoms with E-state index < -0.39 is 20.9 Å². The topological polar surface area (TPSA) is 97.4 Å². The number of thioether (sulfide) groups is 2. The third-order valence-electron chi connectivity index (χ3n) is 7.85. The highest BCUT2D eigenvalue weighted by atomic mass is 32.2. The minimum absolute atomic E-state index is 0.325. The van der Waals surface area contributed by atoms with E-state index in [9.17, 15) is 12.6 Å². The predicted octanol–water partition coefficient (Wildman–Crippen LogP) is 11.1. The fraction of sp³-hybridized carbons (Fsp3) is 0.318. The number of sulfone groups is 1. The molecule has 0 spiro atoms. The van der Waals surface area contributed by atoms with Gasteiger partial charge in [0.15, 0.2) is 9.84 Å². The molecule has 0 heterocycles. The molecule has 12 heteroatoms. The molecule has 0 N–H and O–H groups in total. The average molecular weight is 841 g/mol. The van der Waals surface area contributed by atoms with Gasteiger partial charge in [-0.2, -0.15) is 0 Å². The molecule has 0 aliphatic heterocycles. The lowest BCUT2D eigenvalue weighted by molar-refractivity contribution is 0.302. The summed E-state index contributed by atoms with van der Waals surface area (Å²) in [6.07, 6.45) is 7.63. The Kier molecular flexibility index (Phi) is 21.6. The van der Waals surface area contributed by atoms with Gasteiger partial charge < -0.3 is 23.1 Å². The predicted molar refractivity (Wildman–Crippen MR) is 235 cm³/mol. The Morgan fingerprint density at radius 1 is 0.607 bits per heavy atom. The maximum atomic E-state index is 11.9. The van der Waals surface area contributed by atoms with Crippen molar-refractivity contribution in [3.63, 3.8) is 0 Å². The molecule has 56 heavy (non-hydrogen) atoms. The van der Waals surface area contributed by atoms with Gasteiger partial charge in [0, 0.05) is 16.0 Å². The zero-order valence-corrected chi connectivity index (χ0v) is 37.6. The second kappa shape index (κ2) is 25.2. The van der Waals surface area contributed by atoms with Gasteiger partial charge in [0.1, 0.15) is 28.7 Å². The molecule has 0 aliphatic carbocycles. The monoisotopic (exact) mass is 840 g/mol. The van der Waals surface area contributed by atoms with Crippen molar-refractivity contribution in [2.75, 3.05) is 46.7 Å². The number of hydrogen-bond acceptors (Lipinski definition) is 10. The summed E-state index contributed by atoms with van der Waals surface area (Å²) in [7, 11) is 1.74. The summed E-state index contributed by atoms with van der Waals surface area (Å²) in [6.45, 7) is 11.0. The molecule has 0 saturated carbocycles. The van der Waals surface area contributed by atoms with Crippen molar-refractivity contribution in [1.29, 1.82) is 0 Å². The maximum Gasteiger partial charge on any atom is 0.240 e. The van der Waals surface area contributed by atoms with E-state index >= 15 is 0 Å². The molecule has 0 amide bonds. The first kappa shape index (κ1) is 48.0. The number of benzene rings is 5. The smallest absolute Gasteiger partial charge is 0.240 e. The van der Waals surface area contributed by atoms with Crippen LogP contribution in [0.2, 0.25) is 0 Å². The van der Waals surface area contributed by atoms with E-state index in [2.05, 4.69) is 63.6 Å². The van der Waals surface area contributed by atoms with Crippen LogP contribution in [0.5, 0.6) is 28.7 Å². The maximum absolute atomic E-state index is 11.9. The van der Waals surface area contributed by atoms with Crippen LogP contribution in [0.15, 0.2) is 123 Å². The van der Waals surface area contributed by atoms with Crippen LogP contribution in [0.4, 0.5) is 0 Å². The zero-order valence-electron chi connectivity index (χ0n) is 34.3. The number of methoxy groups -OCH3 is 3. The molecule has 0 saturated heterocycles. The highest BCUT2D eigenvalue weighted by molar-refractivity contribution is 7.99. The summed E-state index contributed by atoms with van der Waals surface area (Å²) in [5, 5.41) is 0. The molecule has 0 aliphatic rings. The summed E-state index contributed by atoms with van der Waals surface area (Å²) in [6, 6.07) is 31.7. The zero-order chi connectivity index (χ0) is 41.7. The lowest BCUT2D eigenvalue weighted by Gasteiger charge is -2.09. The normalized spacial score (nSPS) is 10.9. The van der Waals surface area contributed by atoms with Crippen molar-refractivity contribution >= 4 is 44.4 Å². The first-order valence-electron chi connectivity index (χ1n) is 17.8. The first-order chi connectivity index (χ1) is 26.7. The molecule has 5 rings (SSSR count). The van der Waals surface area contributed by atoms with Crippen LogP contribution in [0, 0.1) is 27.7 Å². The van der Waals surface area contributed by atoms with Crippen LogP contribution in [0.1, 0.15) is 42.0 Å². The Morgan fingerprint density at radius 2 is 1.11 bits per heavy atom. The van der Waals surface area contributed by atoms with Gasteiger partial charge in [-0.1, -0.05) is 43.2 Å². The first-order valence-corrected chi connectivity index (χ1v) is 23.2. The molecule has 0 fully saturated rings. The molecule has 0 radical (unpaired) electrons. The van der Waals surface area contributed by atoms with Crippen molar-refractivity contribution in [2.24, 2.45) is 0 Å². The minimum Gasteiger partial charge on any atom is -0.497 e. The lowest BCUT2D eigenvalue weighted by atomic mass is 10.2. The van der Waals surface area contributed by atoms with Crippen molar-refractivity contribution in [3.05, 3.63) is 125 Å². The van der Waals surface area contributed by atoms with E-state index in [4.69, 9.17) is 23.1 Å². The van der Waals surface area contributed by atoms with Crippen LogP contribution in [-0.4, -0.2) is 59.3 Å². The summed E-state index contributed by atoms with van der Waals surface area (Å²) in [4.78, 5) is 3.37. The third-order valence-corrected chi connectivity index (χ3v) is 11.5. The van der Waals surface area contributed by atoms with E-state index in [0.29, 0.717) is 21.3 Å². The molecule has 5 aromatic carbocycles. The quantitative estimate of drug-likeness (QED) is 0.0842. The van der Waals surface area contributed by atoms with Crippen LogP contribution in [0.25, 0.3) is 0 Å². The molecular formula is C44H56O8S4. The number of ether oxygens (including phenoxy) is 4. The largest absolute Gasteiger partial charge is 0.497 e. The van der Waals surface area contributed by atoms with Gasteiger partial charge in [-0.15, -0.1) is 23.5 Å². The Balaban J connectivity index is 0.000000262. The van der Waals surface area contributed by atoms with Gasteiger partial charge in [0.2, 0.25) is 11.1 Å². The molecule has 1 unspecified atom stereocenters. The second-order valence-electron chi connectivity index (χ2n) is 12.4.